The monoisotopic (exact) mass is 339 g/mol. The molecule has 0 saturated carbocycles. The predicted octanol–water partition coefficient (Wildman–Crippen LogP) is 0.0920. The maximum atomic E-state index is 12.7. The number of carbonyl (C=O) groups excluding carboxylic acids is 2. The van der Waals surface area contributed by atoms with Crippen LogP contribution in [0.2, 0.25) is 0 Å². The Balaban J connectivity index is 2.03. The number of amides is 2. The number of carbonyl (C=O) groups is 2. The number of nitrogens with zero attached hydrogens (tertiary/aromatic N) is 1. The van der Waals surface area contributed by atoms with E-state index in [2.05, 4.69) is 10.6 Å². The number of hydrogen-bond acceptors (Lipinski definition) is 4. The Bertz CT molecular complexity index is 661. The van der Waals surface area contributed by atoms with E-state index in [0.717, 1.165) is 6.42 Å². The molecule has 23 heavy (non-hydrogen) atoms. The molecule has 0 aromatic heterocycles. The van der Waals surface area contributed by atoms with E-state index in [-0.39, 0.29) is 17.5 Å². The number of hydrogen-bond donors (Lipinski definition) is 2. The van der Waals surface area contributed by atoms with Crippen molar-refractivity contribution in [2.24, 2.45) is 0 Å². The van der Waals surface area contributed by atoms with Crippen LogP contribution in [-0.4, -0.2) is 50.2 Å². The lowest BCUT2D eigenvalue weighted by Gasteiger charge is -2.24. The number of nitrogens with one attached hydrogen (secondary N) is 2. The van der Waals surface area contributed by atoms with Crippen molar-refractivity contribution in [3.63, 3.8) is 0 Å². The van der Waals surface area contributed by atoms with Crippen LogP contribution in [0.3, 0.4) is 0 Å². The molecule has 1 aliphatic rings. The zero-order valence-corrected chi connectivity index (χ0v) is 13.8. The highest BCUT2D eigenvalue weighted by molar-refractivity contribution is 7.89. The van der Waals surface area contributed by atoms with Crippen LogP contribution in [0.5, 0.6) is 0 Å². The topological polar surface area (TPSA) is 95.6 Å². The third-order valence-corrected chi connectivity index (χ3v) is 5.68. The Morgan fingerprint density at radius 1 is 1.17 bits per heavy atom. The lowest BCUT2D eigenvalue weighted by atomic mass is 10.2. The van der Waals surface area contributed by atoms with Gasteiger partial charge in [0, 0.05) is 25.7 Å². The SMILES string of the molecule is CCNC(=O)C(=O)NCC1CCCN1S(=O)(=O)c1ccccc1. The average molecular weight is 339 g/mol. The van der Waals surface area contributed by atoms with Gasteiger partial charge in [-0.05, 0) is 31.9 Å². The van der Waals surface area contributed by atoms with E-state index in [1.54, 1.807) is 37.3 Å². The van der Waals surface area contributed by atoms with Crippen LogP contribution >= 0.6 is 0 Å². The van der Waals surface area contributed by atoms with Crippen molar-refractivity contribution in [2.75, 3.05) is 19.6 Å². The molecule has 2 N–H and O–H groups in total. The van der Waals surface area contributed by atoms with Crippen LogP contribution in [0, 0.1) is 0 Å². The fourth-order valence-electron chi connectivity index (χ4n) is 2.59. The molecule has 1 fully saturated rings. The number of benzene rings is 1. The minimum Gasteiger partial charge on any atom is -0.348 e. The molecule has 2 amide bonds. The van der Waals surface area contributed by atoms with E-state index in [9.17, 15) is 18.0 Å². The highest BCUT2D eigenvalue weighted by Gasteiger charge is 2.35. The van der Waals surface area contributed by atoms with E-state index < -0.39 is 21.8 Å². The molecule has 1 aromatic carbocycles. The summed E-state index contributed by atoms with van der Waals surface area (Å²) in [7, 11) is -3.58. The van der Waals surface area contributed by atoms with Gasteiger partial charge in [0.2, 0.25) is 10.0 Å². The Kier molecular flexibility index (Phi) is 5.73. The minimum atomic E-state index is -3.58. The van der Waals surface area contributed by atoms with Gasteiger partial charge < -0.3 is 10.6 Å². The summed E-state index contributed by atoms with van der Waals surface area (Å²) in [5, 5.41) is 4.91. The van der Waals surface area contributed by atoms with E-state index >= 15 is 0 Å². The van der Waals surface area contributed by atoms with Gasteiger partial charge in [-0.25, -0.2) is 8.42 Å². The quantitative estimate of drug-likeness (QED) is 0.743. The summed E-state index contributed by atoms with van der Waals surface area (Å²) < 4.78 is 26.7. The van der Waals surface area contributed by atoms with E-state index in [0.29, 0.717) is 19.5 Å². The van der Waals surface area contributed by atoms with Gasteiger partial charge in [-0.3, -0.25) is 9.59 Å². The van der Waals surface area contributed by atoms with Gasteiger partial charge in [-0.15, -0.1) is 0 Å². The van der Waals surface area contributed by atoms with Crippen molar-refractivity contribution >= 4 is 21.8 Å². The first kappa shape index (κ1) is 17.4. The van der Waals surface area contributed by atoms with Crippen molar-refractivity contribution in [3.8, 4) is 0 Å². The zero-order chi connectivity index (χ0) is 16.9. The van der Waals surface area contributed by atoms with Gasteiger partial charge >= 0.3 is 11.8 Å². The molecule has 1 aliphatic heterocycles. The normalized spacial score (nSPS) is 18.6. The zero-order valence-electron chi connectivity index (χ0n) is 13.0. The molecule has 0 spiro atoms. The predicted molar refractivity (Wildman–Crippen MR) is 85.0 cm³/mol. The second-order valence-corrected chi connectivity index (χ2v) is 7.18. The summed E-state index contributed by atoms with van der Waals surface area (Å²) in [5.74, 6) is -1.45. The lowest BCUT2D eigenvalue weighted by molar-refractivity contribution is -0.139. The van der Waals surface area contributed by atoms with Crippen molar-refractivity contribution < 1.29 is 18.0 Å². The van der Waals surface area contributed by atoms with Crippen LogP contribution in [0.1, 0.15) is 19.8 Å². The molecule has 1 atom stereocenters. The Labute approximate surface area is 136 Å². The number of sulfonamides is 1. The van der Waals surface area contributed by atoms with Crippen LogP contribution in [-0.2, 0) is 19.6 Å². The molecule has 2 rings (SSSR count). The summed E-state index contributed by atoms with van der Waals surface area (Å²) in [6, 6.07) is 7.88. The van der Waals surface area contributed by atoms with Gasteiger partial charge in [0.05, 0.1) is 4.90 Å². The number of likely N-dealkylation sites (N-methyl/N-ethyl adjacent to an activating group) is 1. The molecule has 126 valence electrons. The van der Waals surface area contributed by atoms with Crippen LogP contribution in [0.15, 0.2) is 35.2 Å². The molecule has 1 heterocycles. The van der Waals surface area contributed by atoms with Crippen LogP contribution < -0.4 is 10.6 Å². The first-order valence-electron chi connectivity index (χ1n) is 7.59. The second-order valence-electron chi connectivity index (χ2n) is 5.29. The maximum Gasteiger partial charge on any atom is 0.309 e. The highest BCUT2D eigenvalue weighted by atomic mass is 32.2. The third kappa shape index (κ3) is 4.08. The highest BCUT2D eigenvalue weighted by Crippen LogP contribution is 2.25. The van der Waals surface area contributed by atoms with Gasteiger partial charge in [0.15, 0.2) is 0 Å². The molecule has 1 unspecified atom stereocenters. The minimum absolute atomic E-state index is 0.127. The Hall–Kier alpha value is -1.93. The fourth-order valence-corrected chi connectivity index (χ4v) is 4.30. The average Bonchev–Trinajstić information content (AvgIpc) is 3.03. The molecule has 1 saturated heterocycles. The van der Waals surface area contributed by atoms with Crippen molar-refractivity contribution in [1.29, 1.82) is 0 Å². The van der Waals surface area contributed by atoms with Crippen molar-refractivity contribution in [2.45, 2.75) is 30.7 Å². The van der Waals surface area contributed by atoms with Gasteiger partial charge in [0.25, 0.3) is 0 Å². The largest absolute Gasteiger partial charge is 0.348 e. The Morgan fingerprint density at radius 2 is 1.83 bits per heavy atom. The molecule has 0 bridgehead atoms. The summed E-state index contributed by atoms with van der Waals surface area (Å²) in [4.78, 5) is 23.3. The summed E-state index contributed by atoms with van der Waals surface area (Å²) in [6.45, 7) is 2.63. The van der Waals surface area contributed by atoms with E-state index in [1.165, 1.54) is 4.31 Å². The van der Waals surface area contributed by atoms with E-state index in [1.807, 2.05) is 0 Å². The summed E-state index contributed by atoms with van der Waals surface area (Å²) >= 11 is 0. The molecule has 8 heteroatoms. The van der Waals surface area contributed by atoms with Gasteiger partial charge in [0.1, 0.15) is 0 Å². The molecule has 0 radical (unpaired) electrons. The molecule has 1 aromatic rings. The van der Waals surface area contributed by atoms with Crippen LogP contribution in [0.25, 0.3) is 0 Å². The molecular formula is C15H21N3O4S. The number of rotatable bonds is 5. The standard InChI is InChI=1S/C15H21N3O4S/c1-2-16-14(19)15(20)17-11-12-7-6-10-18(12)23(21,22)13-8-4-3-5-9-13/h3-5,8-9,12H,2,6-7,10-11H2,1H3,(H,16,19)(H,17,20). The van der Waals surface area contributed by atoms with Crippen molar-refractivity contribution in [1.82, 2.24) is 14.9 Å². The first-order valence-corrected chi connectivity index (χ1v) is 9.03. The second kappa shape index (κ2) is 7.56. The van der Waals surface area contributed by atoms with E-state index in [4.69, 9.17) is 0 Å². The van der Waals surface area contributed by atoms with Crippen molar-refractivity contribution in [3.05, 3.63) is 30.3 Å². The lowest BCUT2D eigenvalue weighted by Crippen LogP contribution is -2.46. The first-order chi connectivity index (χ1) is 11.0. The Morgan fingerprint density at radius 3 is 2.48 bits per heavy atom. The van der Waals surface area contributed by atoms with Crippen LogP contribution in [0.4, 0.5) is 0 Å². The summed E-state index contributed by atoms with van der Waals surface area (Å²) in [5.41, 5.74) is 0. The maximum absolute atomic E-state index is 12.7. The molecular weight excluding hydrogens is 318 g/mol. The molecule has 0 aliphatic carbocycles. The smallest absolute Gasteiger partial charge is 0.309 e. The fraction of sp³-hybridized carbons (Fsp3) is 0.467. The van der Waals surface area contributed by atoms with Gasteiger partial charge in [-0.2, -0.15) is 4.31 Å². The molecule has 7 nitrogen and oxygen atoms in total. The third-order valence-electron chi connectivity index (χ3n) is 3.71. The van der Waals surface area contributed by atoms with Gasteiger partial charge in [-0.1, -0.05) is 18.2 Å². The summed E-state index contributed by atoms with van der Waals surface area (Å²) in [6.07, 6.45) is 1.38.